The smallest absolute Gasteiger partial charge is 0.305 e. The van der Waals surface area contributed by atoms with Crippen LogP contribution in [0.1, 0.15) is 12.0 Å². The second kappa shape index (κ2) is 9.51. The maximum absolute atomic E-state index is 12.8. The highest BCUT2D eigenvalue weighted by molar-refractivity contribution is 7.89. The molecule has 0 saturated heterocycles. The molecule has 8 heteroatoms. The second-order valence-electron chi connectivity index (χ2n) is 6.81. The predicted molar refractivity (Wildman–Crippen MR) is 113 cm³/mol. The third-order valence-electron chi connectivity index (χ3n) is 4.58. The summed E-state index contributed by atoms with van der Waals surface area (Å²) in [6, 6.07) is 19.9. The highest BCUT2D eigenvalue weighted by Gasteiger charge is 2.28. The largest absolute Gasteiger partial charge is 0.481 e. The minimum absolute atomic E-state index is 0.0336. The highest BCUT2D eigenvalue weighted by atomic mass is 32.2. The molecule has 0 spiro atoms. The van der Waals surface area contributed by atoms with E-state index in [2.05, 4.69) is 10.0 Å². The van der Waals surface area contributed by atoms with Gasteiger partial charge < -0.3 is 10.4 Å². The van der Waals surface area contributed by atoms with Crippen molar-refractivity contribution >= 4 is 32.7 Å². The second-order valence-corrected chi connectivity index (χ2v) is 8.52. The lowest BCUT2D eigenvalue weighted by Gasteiger charge is -2.17. The number of carbonyl (C=O) groups excluding carboxylic acids is 1. The molecule has 0 fully saturated rings. The van der Waals surface area contributed by atoms with Crippen LogP contribution in [0.25, 0.3) is 10.8 Å². The van der Waals surface area contributed by atoms with Crippen LogP contribution in [0.3, 0.4) is 0 Å². The maximum Gasteiger partial charge on any atom is 0.305 e. The van der Waals surface area contributed by atoms with Crippen LogP contribution in [-0.4, -0.2) is 38.0 Å². The topological polar surface area (TPSA) is 113 Å². The number of sulfonamides is 1. The van der Waals surface area contributed by atoms with Gasteiger partial charge in [0.1, 0.15) is 6.04 Å². The van der Waals surface area contributed by atoms with Crippen LogP contribution in [0.15, 0.2) is 77.7 Å². The van der Waals surface area contributed by atoms with Gasteiger partial charge >= 0.3 is 5.97 Å². The Morgan fingerprint density at radius 2 is 1.57 bits per heavy atom. The average molecular weight is 426 g/mol. The molecule has 3 aromatic carbocycles. The number of benzene rings is 3. The van der Waals surface area contributed by atoms with Crippen LogP contribution in [-0.2, 0) is 26.0 Å². The molecule has 7 nitrogen and oxygen atoms in total. The summed E-state index contributed by atoms with van der Waals surface area (Å²) in [4.78, 5) is 23.6. The summed E-state index contributed by atoms with van der Waals surface area (Å²) in [6.07, 6.45) is -0.117. The number of carbonyl (C=O) groups is 2. The number of amides is 1. The van der Waals surface area contributed by atoms with E-state index in [-0.39, 0.29) is 11.4 Å². The third kappa shape index (κ3) is 5.65. The Balaban J connectivity index is 1.71. The lowest BCUT2D eigenvalue weighted by Crippen LogP contribution is -2.48. The van der Waals surface area contributed by atoms with Crippen molar-refractivity contribution in [1.82, 2.24) is 10.0 Å². The molecule has 1 amide bonds. The fourth-order valence-electron chi connectivity index (χ4n) is 3.05. The van der Waals surface area contributed by atoms with Gasteiger partial charge in [-0.1, -0.05) is 60.7 Å². The van der Waals surface area contributed by atoms with Gasteiger partial charge in [0.05, 0.1) is 11.3 Å². The van der Waals surface area contributed by atoms with E-state index < -0.39 is 34.4 Å². The normalized spacial score (nSPS) is 12.4. The van der Waals surface area contributed by atoms with Gasteiger partial charge in [-0.2, -0.15) is 4.72 Å². The molecule has 0 aliphatic rings. The molecule has 0 bridgehead atoms. The van der Waals surface area contributed by atoms with E-state index in [1.807, 2.05) is 42.5 Å². The quantitative estimate of drug-likeness (QED) is 0.486. The monoisotopic (exact) mass is 426 g/mol. The van der Waals surface area contributed by atoms with Crippen molar-refractivity contribution in [3.05, 3.63) is 78.4 Å². The highest BCUT2D eigenvalue weighted by Crippen LogP contribution is 2.19. The van der Waals surface area contributed by atoms with Gasteiger partial charge in [0.2, 0.25) is 15.9 Å². The number of aliphatic carboxylic acids is 1. The Labute approximate surface area is 174 Å². The molecule has 3 rings (SSSR count). The summed E-state index contributed by atoms with van der Waals surface area (Å²) in [6.45, 7) is 0.261. The molecule has 0 saturated carbocycles. The summed E-state index contributed by atoms with van der Waals surface area (Å²) in [5.41, 5.74) is 1.00. The number of hydrogen-bond acceptors (Lipinski definition) is 4. The Morgan fingerprint density at radius 3 is 2.27 bits per heavy atom. The van der Waals surface area contributed by atoms with Crippen molar-refractivity contribution in [1.29, 1.82) is 0 Å². The van der Waals surface area contributed by atoms with Crippen LogP contribution in [0.2, 0.25) is 0 Å². The summed E-state index contributed by atoms with van der Waals surface area (Å²) < 4.78 is 27.8. The van der Waals surface area contributed by atoms with E-state index in [4.69, 9.17) is 5.11 Å². The number of nitrogens with one attached hydrogen (secondary N) is 2. The van der Waals surface area contributed by atoms with Gasteiger partial charge in [-0.25, -0.2) is 8.42 Å². The van der Waals surface area contributed by atoms with Crippen LogP contribution >= 0.6 is 0 Å². The van der Waals surface area contributed by atoms with Gasteiger partial charge in [-0.05, 0) is 34.9 Å². The molecule has 0 radical (unpaired) electrons. The first kappa shape index (κ1) is 21.5. The number of hydrogen-bond donors (Lipinski definition) is 3. The summed E-state index contributed by atoms with van der Waals surface area (Å²) >= 11 is 0. The fraction of sp³-hybridized carbons (Fsp3) is 0.182. The molecule has 156 valence electrons. The van der Waals surface area contributed by atoms with Crippen molar-refractivity contribution in [3.63, 3.8) is 0 Å². The standard InChI is InChI=1S/C22H22N2O5S/c25-21(26)15-20(22(27)23-13-12-16-6-2-1-3-7-16)24-30(28,29)19-11-10-17-8-4-5-9-18(17)14-19/h1-11,14,20,24H,12-13,15H2,(H,23,27)(H,25,26). The maximum atomic E-state index is 12.8. The van der Waals surface area contributed by atoms with E-state index in [9.17, 15) is 18.0 Å². The van der Waals surface area contributed by atoms with Crippen molar-refractivity contribution in [2.24, 2.45) is 0 Å². The number of carboxylic acid groups (broad SMARTS) is 1. The average Bonchev–Trinajstić information content (AvgIpc) is 2.73. The Hall–Kier alpha value is -3.23. The van der Waals surface area contributed by atoms with Crippen LogP contribution in [0.4, 0.5) is 0 Å². The predicted octanol–water partition coefficient (Wildman–Crippen LogP) is 2.32. The van der Waals surface area contributed by atoms with Crippen molar-refractivity contribution in [2.75, 3.05) is 6.54 Å². The third-order valence-corrected chi connectivity index (χ3v) is 6.05. The number of rotatable bonds is 9. The molecule has 1 atom stereocenters. The summed E-state index contributed by atoms with van der Waals surface area (Å²) in [7, 11) is -4.09. The van der Waals surface area contributed by atoms with Gasteiger partial charge in [0.25, 0.3) is 0 Å². The minimum atomic E-state index is -4.09. The Kier molecular flexibility index (Phi) is 6.81. The van der Waals surface area contributed by atoms with Gasteiger partial charge in [0.15, 0.2) is 0 Å². The van der Waals surface area contributed by atoms with Crippen LogP contribution in [0.5, 0.6) is 0 Å². The van der Waals surface area contributed by atoms with E-state index >= 15 is 0 Å². The molecule has 0 aliphatic carbocycles. The number of carboxylic acids is 1. The lowest BCUT2D eigenvalue weighted by atomic mass is 10.1. The molecule has 30 heavy (non-hydrogen) atoms. The van der Waals surface area contributed by atoms with E-state index in [1.54, 1.807) is 18.2 Å². The lowest BCUT2D eigenvalue weighted by molar-refractivity contribution is -0.139. The molecule has 3 aromatic rings. The zero-order valence-electron chi connectivity index (χ0n) is 16.1. The van der Waals surface area contributed by atoms with Crippen molar-refractivity contribution in [2.45, 2.75) is 23.8 Å². The SMILES string of the molecule is O=C(O)CC(NS(=O)(=O)c1ccc2ccccc2c1)C(=O)NCCc1ccccc1. The molecular weight excluding hydrogens is 404 g/mol. The molecule has 0 aromatic heterocycles. The minimum Gasteiger partial charge on any atom is -0.481 e. The Bertz CT molecular complexity index is 1150. The van der Waals surface area contributed by atoms with E-state index in [0.29, 0.717) is 6.42 Å². The first-order chi connectivity index (χ1) is 14.3. The molecule has 1 unspecified atom stereocenters. The van der Waals surface area contributed by atoms with Gasteiger partial charge in [-0.15, -0.1) is 0 Å². The zero-order chi connectivity index (χ0) is 21.6. The number of fused-ring (bicyclic) bond motifs is 1. The first-order valence-electron chi connectivity index (χ1n) is 9.40. The van der Waals surface area contributed by atoms with E-state index in [0.717, 1.165) is 16.3 Å². The summed E-state index contributed by atoms with van der Waals surface area (Å²) in [5, 5.41) is 13.3. The zero-order valence-corrected chi connectivity index (χ0v) is 16.9. The summed E-state index contributed by atoms with van der Waals surface area (Å²) in [5.74, 6) is -1.96. The van der Waals surface area contributed by atoms with Gasteiger partial charge in [-0.3, -0.25) is 9.59 Å². The molecule has 0 heterocycles. The van der Waals surface area contributed by atoms with Gasteiger partial charge in [0, 0.05) is 6.54 Å². The molecule has 3 N–H and O–H groups in total. The van der Waals surface area contributed by atoms with Crippen LogP contribution < -0.4 is 10.0 Å². The van der Waals surface area contributed by atoms with Crippen molar-refractivity contribution in [3.8, 4) is 0 Å². The first-order valence-corrected chi connectivity index (χ1v) is 10.9. The van der Waals surface area contributed by atoms with E-state index in [1.165, 1.54) is 12.1 Å². The van der Waals surface area contributed by atoms with Crippen molar-refractivity contribution < 1.29 is 23.1 Å². The fourth-order valence-corrected chi connectivity index (χ4v) is 4.28. The Morgan fingerprint density at radius 1 is 0.900 bits per heavy atom. The molecular formula is C22H22N2O5S. The van der Waals surface area contributed by atoms with Crippen LogP contribution in [0, 0.1) is 0 Å². The molecule has 0 aliphatic heterocycles.